The van der Waals surface area contributed by atoms with Crippen molar-refractivity contribution in [2.75, 3.05) is 5.73 Å². The highest BCUT2D eigenvalue weighted by molar-refractivity contribution is 7.89. The van der Waals surface area contributed by atoms with Crippen molar-refractivity contribution in [1.29, 1.82) is 0 Å². The number of nitrogen functional groups attached to an aromatic ring is 1. The third kappa shape index (κ3) is 5.24. The lowest BCUT2D eigenvalue weighted by Gasteiger charge is -2.15. The van der Waals surface area contributed by atoms with Crippen molar-refractivity contribution < 1.29 is 17.2 Å². The van der Waals surface area contributed by atoms with E-state index in [1.807, 2.05) is 0 Å². The number of benzene rings is 1. The van der Waals surface area contributed by atoms with E-state index in [-0.39, 0.29) is 11.7 Å². The number of nitrogens with two attached hydrogens (primary N) is 1. The quantitative estimate of drug-likeness (QED) is 0.759. The molecule has 3 N–H and O–H groups in total. The van der Waals surface area contributed by atoms with E-state index >= 15 is 0 Å². The van der Waals surface area contributed by atoms with Crippen LogP contribution in [-0.2, 0) is 10.0 Å². The van der Waals surface area contributed by atoms with Crippen LogP contribution in [-0.4, -0.2) is 14.5 Å². The Morgan fingerprint density at radius 2 is 1.81 bits per heavy atom. The molecule has 7 heteroatoms. The van der Waals surface area contributed by atoms with Crippen LogP contribution in [0.3, 0.4) is 0 Å². The molecule has 0 radical (unpaired) electrons. The highest BCUT2D eigenvalue weighted by atomic mass is 32.2. The Balaban J connectivity index is 2.82. The number of nitrogens with one attached hydrogen (secondary N) is 1. The van der Waals surface area contributed by atoms with Gasteiger partial charge in [0.05, 0.1) is 0 Å². The largest absolute Gasteiger partial charge is 0.399 e. The second-order valence-electron chi connectivity index (χ2n) is 5.66. The van der Waals surface area contributed by atoms with Crippen molar-refractivity contribution >= 4 is 15.7 Å². The molecule has 1 aromatic rings. The second kappa shape index (κ2) is 7.17. The summed E-state index contributed by atoms with van der Waals surface area (Å²) in [5, 5.41) is 0. The Morgan fingerprint density at radius 1 is 1.19 bits per heavy atom. The van der Waals surface area contributed by atoms with E-state index in [2.05, 4.69) is 18.6 Å². The smallest absolute Gasteiger partial charge is 0.243 e. The molecule has 1 unspecified atom stereocenters. The van der Waals surface area contributed by atoms with Gasteiger partial charge >= 0.3 is 0 Å². The van der Waals surface area contributed by atoms with Gasteiger partial charge in [0.15, 0.2) is 11.6 Å². The number of hydrogen-bond acceptors (Lipinski definition) is 3. The summed E-state index contributed by atoms with van der Waals surface area (Å²) in [4.78, 5) is -0.754. The summed E-state index contributed by atoms with van der Waals surface area (Å²) in [5.74, 6) is -2.15. The first-order valence-corrected chi connectivity index (χ1v) is 8.38. The van der Waals surface area contributed by atoms with E-state index in [0.717, 1.165) is 25.0 Å². The zero-order valence-corrected chi connectivity index (χ0v) is 13.3. The molecule has 0 saturated heterocycles. The van der Waals surface area contributed by atoms with Gasteiger partial charge in [0.25, 0.3) is 0 Å². The summed E-state index contributed by atoms with van der Waals surface area (Å²) < 4.78 is 53.4. The molecule has 0 aliphatic rings. The normalized spacial score (nSPS) is 13.6. The first kappa shape index (κ1) is 17.8. The Kier molecular flexibility index (Phi) is 6.10. The maximum absolute atomic E-state index is 13.6. The standard InChI is InChI=1S/C14H22F2N2O2S/c1-9(2)5-4-6-10(3)18-21(19,20)13-8-11(17)7-12(15)14(13)16/h7-10,18H,4-6,17H2,1-3H3. The minimum absolute atomic E-state index is 0.137. The topological polar surface area (TPSA) is 72.2 Å². The van der Waals surface area contributed by atoms with E-state index in [4.69, 9.17) is 5.73 Å². The van der Waals surface area contributed by atoms with Crippen molar-refractivity contribution in [3.63, 3.8) is 0 Å². The first-order chi connectivity index (χ1) is 9.63. The van der Waals surface area contributed by atoms with Gasteiger partial charge in [-0.1, -0.05) is 26.7 Å². The van der Waals surface area contributed by atoms with Gasteiger partial charge in [-0.3, -0.25) is 0 Å². The minimum Gasteiger partial charge on any atom is -0.399 e. The third-order valence-corrected chi connectivity index (χ3v) is 4.67. The van der Waals surface area contributed by atoms with E-state index in [1.54, 1.807) is 6.92 Å². The molecule has 0 aliphatic heterocycles. The maximum atomic E-state index is 13.6. The molecule has 1 aromatic carbocycles. The number of rotatable bonds is 7. The van der Waals surface area contributed by atoms with Crippen molar-refractivity contribution in [1.82, 2.24) is 4.72 Å². The van der Waals surface area contributed by atoms with Gasteiger partial charge in [-0.25, -0.2) is 21.9 Å². The van der Waals surface area contributed by atoms with Gasteiger partial charge in [0.1, 0.15) is 4.90 Å². The predicted octanol–water partition coefficient (Wildman–Crippen LogP) is 3.04. The fourth-order valence-electron chi connectivity index (χ4n) is 2.00. The number of halogens is 2. The highest BCUT2D eigenvalue weighted by Gasteiger charge is 2.24. The van der Waals surface area contributed by atoms with Gasteiger partial charge in [-0.05, 0) is 31.4 Å². The molecule has 120 valence electrons. The van der Waals surface area contributed by atoms with Gasteiger partial charge in [-0.2, -0.15) is 0 Å². The molecule has 0 fully saturated rings. The van der Waals surface area contributed by atoms with Crippen LogP contribution in [0.25, 0.3) is 0 Å². The molecule has 1 atom stereocenters. The minimum atomic E-state index is -4.13. The second-order valence-corrected chi connectivity index (χ2v) is 7.34. The molecule has 0 aliphatic carbocycles. The zero-order chi connectivity index (χ0) is 16.2. The van der Waals surface area contributed by atoms with Crippen LogP contribution >= 0.6 is 0 Å². The van der Waals surface area contributed by atoms with E-state index in [0.29, 0.717) is 12.3 Å². The van der Waals surface area contributed by atoms with Crippen LogP contribution in [0.4, 0.5) is 14.5 Å². The summed E-state index contributed by atoms with van der Waals surface area (Å²) in [6, 6.07) is 1.31. The van der Waals surface area contributed by atoms with Crippen LogP contribution in [0.5, 0.6) is 0 Å². The Bertz CT molecular complexity index is 589. The number of sulfonamides is 1. The average Bonchev–Trinajstić information content (AvgIpc) is 2.32. The lowest BCUT2D eigenvalue weighted by molar-refractivity contribution is 0.473. The molecule has 21 heavy (non-hydrogen) atoms. The molecule has 0 amide bonds. The lowest BCUT2D eigenvalue weighted by atomic mass is 10.0. The van der Waals surface area contributed by atoms with Crippen molar-refractivity contribution in [3.8, 4) is 0 Å². The summed E-state index contributed by atoms with van der Waals surface area (Å²) in [7, 11) is -4.13. The molecule has 1 rings (SSSR count). The fraction of sp³-hybridized carbons (Fsp3) is 0.571. The zero-order valence-electron chi connectivity index (χ0n) is 12.5. The Labute approximate surface area is 124 Å². The number of hydrogen-bond donors (Lipinski definition) is 2. The van der Waals surface area contributed by atoms with Crippen LogP contribution in [0.1, 0.15) is 40.0 Å². The first-order valence-electron chi connectivity index (χ1n) is 6.90. The van der Waals surface area contributed by atoms with E-state index in [1.165, 1.54) is 0 Å². The molecule has 0 heterocycles. The fourth-order valence-corrected chi connectivity index (χ4v) is 3.40. The molecule has 0 spiro atoms. The Hall–Kier alpha value is -1.21. The van der Waals surface area contributed by atoms with Crippen LogP contribution < -0.4 is 10.5 Å². The molecule has 0 aromatic heterocycles. The van der Waals surface area contributed by atoms with Crippen molar-refractivity contribution in [2.24, 2.45) is 5.92 Å². The summed E-state index contributed by atoms with van der Waals surface area (Å²) in [6.45, 7) is 5.86. The molecule has 4 nitrogen and oxygen atoms in total. The van der Waals surface area contributed by atoms with Crippen molar-refractivity contribution in [2.45, 2.75) is 51.0 Å². The molecular weight excluding hydrogens is 298 g/mol. The molecule has 0 bridgehead atoms. The average molecular weight is 320 g/mol. The maximum Gasteiger partial charge on any atom is 0.243 e. The third-order valence-electron chi connectivity index (χ3n) is 3.08. The van der Waals surface area contributed by atoms with Gasteiger partial charge in [0.2, 0.25) is 10.0 Å². The number of anilines is 1. The summed E-state index contributed by atoms with van der Waals surface area (Å²) >= 11 is 0. The van der Waals surface area contributed by atoms with Crippen LogP contribution in [0.2, 0.25) is 0 Å². The SMILES string of the molecule is CC(C)CCCC(C)NS(=O)(=O)c1cc(N)cc(F)c1F. The highest BCUT2D eigenvalue weighted by Crippen LogP contribution is 2.21. The van der Waals surface area contributed by atoms with Gasteiger partial charge < -0.3 is 5.73 Å². The monoisotopic (exact) mass is 320 g/mol. The molecule has 0 saturated carbocycles. The van der Waals surface area contributed by atoms with E-state index in [9.17, 15) is 17.2 Å². The van der Waals surface area contributed by atoms with Gasteiger partial charge in [-0.15, -0.1) is 0 Å². The molecular formula is C14H22F2N2O2S. The van der Waals surface area contributed by atoms with Crippen LogP contribution in [0, 0.1) is 17.6 Å². The predicted molar refractivity (Wildman–Crippen MR) is 79.2 cm³/mol. The summed E-state index contributed by atoms with van der Waals surface area (Å²) in [5.41, 5.74) is 5.23. The van der Waals surface area contributed by atoms with Crippen molar-refractivity contribution in [3.05, 3.63) is 23.8 Å². The Morgan fingerprint density at radius 3 is 2.38 bits per heavy atom. The summed E-state index contributed by atoms with van der Waals surface area (Å²) in [6.07, 6.45) is 2.46. The van der Waals surface area contributed by atoms with Crippen LogP contribution in [0.15, 0.2) is 17.0 Å². The lowest BCUT2D eigenvalue weighted by Crippen LogP contribution is -2.33. The van der Waals surface area contributed by atoms with Gasteiger partial charge in [0, 0.05) is 11.7 Å². The van der Waals surface area contributed by atoms with E-state index < -0.39 is 26.6 Å².